The number of nitrogens with one attached hydrogen (secondary N) is 1. The molecule has 1 aliphatic rings. The Labute approximate surface area is 129 Å². The SMILES string of the molecule is COc1cc(Br)cc(NC(=O)N2CC(O)C[C@H]2C(=O)O)c1. The van der Waals surface area contributed by atoms with Gasteiger partial charge in [-0.15, -0.1) is 0 Å². The highest BCUT2D eigenvalue weighted by molar-refractivity contribution is 9.10. The van der Waals surface area contributed by atoms with Crippen LogP contribution in [0.25, 0.3) is 0 Å². The maximum Gasteiger partial charge on any atom is 0.326 e. The lowest BCUT2D eigenvalue weighted by molar-refractivity contribution is -0.141. The van der Waals surface area contributed by atoms with Crippen LogP contribution in [0.3, 0.4) is 0 Å². The topological polar surface area (TPSA) is 99.1 Å². The summed E-state index contributed by atoms with van der Waals surface area (Å²) >= 11 is 3.29. The summed E-state index contributed by atoms with van der Waals surface area (Å²) < 4.78 is 5.81. The number of ether oxygens (including phenoxy) is 1. The molecule has 0 spiro atoms. The number of aliphatic carboxylic acids is 1. The third-order valence-corrected chi connectivity index (χ3v) is 3.64. The number of carboxylic acid groups (broad SMARTS) is 1. The van der Waals surface area contributed by atoms with Crippen molar-refractivity contribution in [2.45, 2.75) is 18.6 Å². The van der Waals surface area contributed by atoms with E-state index in [0.717, 1.165) is 4.90 Å². The summed E-state index contributed by atoms with van der Waals surface area (Å²) in [7, 11) is 1.50. The number of aliphatic hydroxyl groups is 1. The Morgan fingerprint density at radius 1 is 1.43 bits per heavy atom. The predicted octanol–water partition coefficient (Wildman–Crippen LogP) is 1.51. The van der Waals surface area contributed by atoms with Crippen LogP contribution in [-0.4, -0.2) is 52.9 Å². The van der Waals surface area contributed by atoms with Crippen molar-refractivity contribution in [1.82, 2.24) is 4.90 Å². The molecule has 2 atom stereocenters. The van der Waals surface area contributed by atoms with Gasteiger partial charge >= 0.3 is 12.0 Å². The minimum atomic E-state index is -1.13. The molecule has 0 aliphatic carbocycles. The summed E-state index contributed by atoms with van der Waals surface area (Å²) in [6.45, 7) is -0.00601. The molecule has 2 rings (SSSR count). The van der Waals surface area contributed by atoms with Gasteiger partial charge in [-0.2, -0.15) is 0 Å². The molecule has 1 fully saturated rings. The number of aliphatic hydroxyl groups excluding tert-OH is 1. The van der Waals surface area contributed by atoms with Crippen molar-refractivity contribution in [3.63, 3.8) is 0 Å². The summed E-state index contributed by atoms with van der Waals surface area (Å²) in [6, 6.07) is 3.43. The first-order valence-corrected chi connectivity index (χ1v) is 7.03. The third-order valence-electron chi connectivity index (χ3n) is 3.18. The largest absolute Gasteiger partial charge is 0.497 e. The van der Waals surface area contributed by atoms with E-state index >= 15 is 0 Å². The summed E-state index contributed by atoms with van der Waals surface area (Å²) in [5, 5.41) is 21.2. The maximum absolute atomic E-state index is 12.2. The van der Waals surface area contributed by atoms with Crippen molar-refractivity contribution in [3.8, 4) is 5.75 Å². The normalized spacial score (nSPS) is 21.2. The second-order valence-electron chi connectivity index (χ2n) is 4.71. The van der Waals surface area contributed by atoms with E-state index in [-0.39, 0.29) is 13.0 Å². The average Bonchev–Trinajstić information content (AvgIpc) is 2.80. The van der Waals surface area contributed by atoms with Gasteiger partial charge < -0.3 is 25.2 Å². The van der Waals surface area contributed by atoms with E-state index in [1.807, 2.05) is 0 Å². The number of nitrogens with zero attached hydrogens (tertiary/aromatic N) is 1. The second-order valence-corrected chi connectivity index (χ2v) is 5.62. The molecular formula is C13H15BrN2O5. The van der Waals surface area contributed by atoms with Gasteiger partial charge in [0.1, 0.15) is 11.8 Å². The van der Waals surface area contributed by atoms with Crippen molar-refractivity contribution in [2.24, 2.45) is 0 Å². The molecule has 21 heavy (non-hydrogen) atoms. The molecule has 1 aromatic rings. The highest BCUT2D eigenvalue weighted by atomic mass is 79.9. The fourth-order valence-corrected chi connectivity index (χ4v) is 2.69. The third kappa shape index (κ3) is 3.64. The Balaban J connectivity index is 2.14. The summed E-state index contributed by atoms with van der Waals surface area (Å²) in [5.74, 6) is -0.579. The molecule has 3 N–H and O–H groups in total. The van der Waals surface area contributed by atoms with E-state index in [2.05, 4.69) is 21.2 Å². The molecule has 1 aromatic carbocycles. The Morgan fingerprint density at radius 2 is 2.14 bits per heavy atom. The smallest absolute Gasteiger partial charge is 0.326 e. The minimum Gasteiger partial charge on any atom is -0.497 e. The van der Waals surface area contributed by atoms with Crippen LogP contribution >= 0.6 is 15.9 Å². The predicted molar refractivity (Wildman–Crippen MR) is 78.5 cm³/mol. The number of carbonyl (C=O) groups is 2. The van der Waals surface area contributed by atoms with Gasteiger partial charge in [0.15, 0.2) is 0 Å². The Morgan fingerprint density at radius 3 is 2.76 bits per heavy atom. The van der Waals surface area contributed by atoms with Gasteiger partial charge in [-0.05, 0) is 12.1 Å². The first-order valence-electron chi connectivity index (χ1n) is 6.23. The molecule has 8 heteroatoms. The number of hydrogen-bond donors (Lipinski definition) is 3. The van der Waals surface area contributed by atoms with Crippen LogP contribution in [0, 0.1) is 0 Å². The van der Waals surface area contributed by atoms with Crippen LogP contribution < -0.4 is 10.1 Å². The fourth-order valence-electron chi connectivity index (χ4n) is 2.22. The molecule has 0 bridgehead atoms. The van der Waals surface area contributed by atoms with Crippen molar-refractivity contribution in [2.75, 3.05) is 19.0 Å². The molecule has 0 radical (unpaired) electrons. The van der Waals surface area contributed by atoms with Gasteiger partial charge in [0, 0.05) is 29.2 Å². The maximum atomic E-state index is 12.2. The van der Waals surface area contributed by atoms with Gasteiger partial charge in [0.05, 0.1) is 13.2 Å². The summed E-state index contributed by atoms with van der Waals surface area (Å²) in [6.07, 6.45) is -0.793. The number of β-amino-alcohol motifs (C(OH)–C–C–N with tert-alkyl or cyclic N) is 1. The van der Waals surface area contributed by atoms with Crippen molar-refractivity contribution in [1.29, 1.82) is 0 Å². The van der Waals surface area contributed by atoms with Gasteiger partial charge in [-0.25, -0.2) is 9.59 Å². The summed E-state index contributed by atoms with van der Waals surface area (Å²) in [4.78, 5) is 24.4. The van der Waals surface area contributed by atoms with Crippen molar-refractivity contribution in [3.05, 3.63) is 22.7 Å². The van der Waals surface area contributed by atoms with Crippen LogP contribution in [0.1, 0.15) is 6.42 Å². The van der Waals surface area contributed by atoms with E-state index in [1.54, 1.807) is 18.2 Å². The number of hydrogen-bond acceptors (Lipinski definition) is 4. The number of benzene rings is 1. The lowest BCUT2D eigenvalue weighted by atomic mass is 10.2. The Hall–Kier alpha value is -1.80. The van der Waals surface area contributed by atoms with Crippen molar-refractivity contribution >= 4 is 33.6 Å². The number of rotatable bonds is 3. The zero-order valence-electron chi connectivity index (χ0n) is 11.2. The summed E-state index contributed by atoms with van der Waals surface area (Å²) in [5.41, 5.74) is 0.469. The van der Waals surface area contributed by atoms with Crippen LogP contribution in [0.5, 0.6) is 5.75 Å². The minimum absolute atomic E-state index is 0.00601. The second kappa shape index (κ2) is 6.31. The van der Waals surface area contributed by atoms with E-state index in [4.69, 9.17) is 9.84 Å². The highest BCUT2D eigenvalue weighted by Gasteiger charge is 2.39. The molecule has 0 saturated carbocycles. The quantitative estimate of drug-likeness (QED) is 0.760. The molecule has 2 amide bonds. The molecule has 1 heterocycles. The highest BCUT2D eigenvalue weighted by Crippen LogP contribution is 2.26. The van der Waals surface area contributed by atoms with Crippen LogP contribution in [0.4, 0.5) is 10.5 Å². The van der Waals surface area contributed by atoms with Gasteiger partial charge in [-0.1, -0.05) is 15.9 Å². The molecule has 1 aliphatic heterocycles. The molecule has 0 aromatic heterocycles. The van der Waals surface area contributed by atoms with Crippen LogP contribution in [0.15, 0.2) is 22.7 Å². The number of likely N-dealkylation sites (tertiary alicyclic amines) is 1. The van der Waals surface area contributed by atoms with Gasteiger partial charge in [0.25, 0.3) is 0 Å². The molecule has 1 saturated heterocycles. The first-order chi connectivity index (χ1) is 9.90. The number of carbonyl (C=O) groups excluding carboxylic acids is 1. The van der Waals surface area contributed by atoms with Crippen LogP contribution in [-0.2, 0) is 4.79 Å². The standard InChI is InChI=1S/C13H15BrN2O5/c1-21-10-3-7(14)2-8(4-10)15-13(20)16-6-9(17)5-11(16)12(18)19/h2-4,9,11,17H,5-6H2,1H3,(H,15,20)(H,18,19)/t9?,11-/m0/s1. The van der Waals surface area contributed by atoms with Crippen LogP contribution in [0.2, 0.25) is 0 Å². The molecule has 7 nitrogen and oxygen atoms in total. The molecular weight excluding hydrogens is 344 g/mol. The first kappa shape index (κ1) is 15.6. The van der Waals surface area contributed by atoms with Crippen molar-refractivity contribution < 1.29 is 24.5 Å². The average molecular weight is 359 g/mol. The number of methoxy groups -OCH3 is 1. The van der Waals surface area contributed by atoms with E-state index in [9.17, 15) is 14.7 Å². The number of halogens is 1. The molecule has 1 unspecified atom stereocenters. The lowest BCUT2D eigenvalue weighted by Gasteiger charge is -2.21. The zero-order valence-corrected chi connectivity index (χ0v) is 12.8. The lowest BCUT2D eigenvalue weighted by Crippen LogP contribution is -2.43. The monoisotopic (exact) mass is 358 g/mol. The van der Waals surface area contributed by atoms with E-state index in [1.165, 1.54) is 7.11 Å². The zero-order chi connectivity index (χ0) is 15.6. The van der Waals surface area contributed by atoms with Gasteiger partial charge in [0.2, 0.25) is 0 Å². The number of urea groups is 1. The number of anilines is 1. The number of amides is 2. The Bertz CT molecular complexity index is 565. The number of carboxylic acids is 1. The fraction of sp³-hybridized carbons (Fsp3) is 0.385. The van der Waals surface area contributed by atoms with E-state index < -0.39 is 24.1 Å². The Kier molecular flexibility index (Phi) is 4.69. The van der Waals surface area contributed by atoms with E-state index in [0.29, 0.717) is 15.9 Å². The molecule has 114 valence electrons. The van der Waals surface area contributed by atoms with Gasteiger partial charge in [-0.3, -0.25) is 0 Å².